The number of hydrazine groups is 1. The Hall–Kier alpha value is -3.39. The number of carbonyl (C=O) groups excluding carboxylic acids is 3. The number of hydrogen-bond acceptors (Lipinski definition) is 5. The van der Waals surface area contributed by atoms with Crippen molar-refractivity contribution >= 4 is 29.1 Å². The number of nitrogen functional groups attached to an aromatic ring is 1. The van der Waals surface area contributed by atoms with Crippen molar-refractivity contribution in [2.45, 2.75) is 13.8 Å². The summed E-state index contributed by atoms with van der Waals surface area (Å²) in [5.74, 6) is 3.40. The van der Waals surface area contributed by atoms with Gasteiger partial charge in [0.15, 0.2) is 0 Å². The Labute approximate surface area is 150 Å². The minimum absolute atomic E-state index is 0.330. The van der Waals surface area contributed by atoms with Crippen LogP contribution >= 0.6 is 0 Å². The van der Waals surface area contributed by atoms with E-state index in [0.29, 0.717) is 29.3 Å². The monoisotopic (exact) mass is 356 g/mol. The predicted octanol–water partition coefficient (Wildman–Crippen LogP) is 1.57. The van der Waals surface area contributed by atoms with Crippen molar-refractivity contribution in [3.8, 4) is 5.75 Å². The van der Waals surface area contributed by atoms with E-state index in [0.717, 1.165) is 5.56 Å². The zero-order chi connectivity index (χ0) is 19.1. The van der Waals surface area contributed by atoms with Crippen molar-refractivity contribution in [3.05, 3.63) is 53.6 Å². The lowest BCUT2D eigenvalue weighted by Crippen LogP contribution is -2.30. The van der Waals surface area contributed by atoms with E-state index in [1.54, 1.807) is 12.1 Å². The molecule has 0 saturated carbocycles. The summed E-state index contributed by atoms with van der Waals surface area (Å²) in [5, 5.41) is 5.00. The number of benzene rings is 2. The quantitative estimate of drug-likeness (QED) is 0.280. The molecule has 2 rings (SSSR count). The largest absolute Gasteiger partial charge is 0.492 e. The summed E-state index contributed by atoms with van der Waals surface area (Å²) in [7, 11) is 0. The van der Waals surface area contributed by atoms with Gasteiger partial charge in [0, 0.05) is 11.3 Å². The average molecular weight is 356 g/mol. The third-order valence-electron chi connectivity index (χ3n) is 3.43. The molecular weight excluding hydrogens is 336 g/mol. The van der Waals surface area contributed by atoms with Crippen LogP contribution in [0.2, 0.25) is 0 Å². The number of aryl methyl sites for hydroxylation is 1. The van der Waals surface area contributed by atoms with E-state index in [1.165, 1.54) is 24.3 Å². The van der Waals surface area contributed by atoms with E-state index in [4.69, 9.17) is 10.6 Å². The first-order valence-corrected chi connectivity index (χ1v) is 7.91. The van der Waals surface area contributed by atoms with Gasteiger partial charge in [0.1, 0.15) is 5.75 Å². The number of anilines is 2. The fourth-order valence-corrected chi connectivity index (χ4v) is 2.18. The van der Waals surface area contributed by atoms with Gasteiger partial charge in [0.05, 0.1) is 12.3 Å². The first-order valence-electron chi connectivity index (χ1n) is 7.91. The SMILES string of the molecule is CCOc1ccc(C)cc1NC(=O)C(=O)Nc1ccc(C(=O)NN)cc1. The van der Waals surface area contributed by atoms with Gasteiger partial charge >= 0.3 is 11.8 Å². The van der Waals surface area contributed by atoms with E-state index in [2.05, 4.69) is 10.6 Å². The summed E-state index contributed by atoms with van der Waals surface area (Å²) in [6.45, 7) is 4.12. The third-order valence-corrected chi connectivity index (χ3v) is 3.43. The molecule has 8 nitrogen and oxygen atoms in total. The minimum Gasteiger partial charge on any atom is -0.492 e. The molecule has 8 heteroatoms. The highest BCUT2D eigenvalue weighted by Gasteiger charge is 2.16. The second-order valence-corrected chi connectivity index (χ2v) is 5.39. The molecule has 0 aliphatic heterocycles. The molecule has 3 amide bonds. The van der Waals surface area contributed by atoms with Crippen LogP contribution in [-0.2, 0) is 9.59 Å². The van der Waals surface area contributed by atoms with Crippen LogP contribution in [0.5, 0.6) is 5.75 Å². The van der Waals surface area contributed by atoms with Gasteiger partial charge in [-0.25, -0.2) is 5.84 Å². The number of carbonyl (C=O) groups is 3. The number of hydrogen-bond donors (Lipinski definition) is 4. The molecule has 0 unspecified atom stereocenters. The molecule has 136 valence electrons. The smallest absolute Gasteiger partial charge is 0.314 e. The minimum atomic E-state index is -0.843. The molecule has 0 fully saturated rings. The summed E-state index contributed by atoms with van der Waals surface area (Å²) >= 11 is 0. The second kappa shape index (κ2) is 8.63. The number of rotatable bonds is 5. The molecule has 0 heterocycles. The van der Waals surface area contributed by atoms with E-state index >= 15 is 0 Å². The van der Waals surface area contributed by atoms with Crippen molar-refractivity contribution < 1.29 is 19.1 Å². The van der Waals surface area contributed by atoms with Crippen LogP contribution in [0.3, 0.4) is 0 Å². The zero-order valence-corrected chi connectivity index (χ0v) is 14.5. The number of nitrogens with one attached hydrogen (secondary N) is 3. The van der Waals surface area contributed by atoms with Gasteiger partial charge in [-0.05, 0) is 55.8 Å². The van der Waals surface area contributed by atoms with Crippen LogP contribution < -0.4 is 26.6 Å². The highest BCUT2D eigenvalue weighted by molar-refractivity contribution is 6.43. The first-order chi connectivity index (χ1) is 12.4. The van der Waals surface area contributed by atoms with E-state index in [1.807, 2.05) is 25.3 Å². The molecular formula is C18H20N4O4. The first kappa shape index (κ1) is 18.9. The number of nitrogens with two attached hydrogens (primary N) is 1. The summed E-state index contributed by atoms with van der Waals surface area (Å²) < 4.78 is 5.44. The van der Waals surface area contributed by atoms with Gasteiger partial charge in [0.25, 0.3) is 5.91 Å². The lowest BCUT2D eigenvalue weighted by atomic mass is 10.2. The normalized spacial score (nSPS) is 9.96. The number of amides is 3. The Bertz CT molecular complexity index is 818. The Balaban J connectivity index is 2.05. The molecule has 26 heavy (non-hydrogen) atoms. The second-order valence-electron chi connectivity index (χ2n) is 5.39. The molecule has 5 N–H and O–H groups in total. The van der Waals surface area contributed by atoms with Crippen molar-refractivity contribution in [3.63, 3.8) is 0 Å². The van der Waals surface area contributed by atoms with Gasteiger partial charge in [0.2, 0.25) is 0 Å². The topological polar surface area (TPSA) is 123 Å². The Morgan fingerprint density at radius 3 is 2.27 bits per heavy atom. The highest BCUT2D eigenvalue weighted by atomic mass is 16.5. The molecule has 2 aromatic rings. The Kier molecular flexibility index (Phi) is 6.29. The molecule has 0 atom stereocenters. The summed E-state index contributed by atoms with van der Waals surface area (Å²) in [6.07, 6.45) is 0. The fourth-order valence-electron chi connectivity index (χ4n) is 2.18. The van der Waals surface area contributed by atoms with E-state index in [9.17, 15) is 14.4 Å². The summed E-state index contributed by atoms with van der Waals surface area (Å²) in [5.41, 5.74) is 4.04. The van der Waals surface area contributed by atoms with Crippen LogP contribution in [-0.4, -0.2) is 24.3 Å². The predicted molar refractivity (Wildman–Crippen MR) is 97.7 cm³/mol. The van der Waals surface area contributed by atoms with Gasteiger partial charge < -0.3 is 15.4 Å². The fraction of sp³-hybridized carbons (Fsp3) is 0.167. The summed E-state index contributed by atoms with van der Waals surface area (Å²) in [4.78, 5) is 35.6. The maximum atomic E-state index is 12.1. The van der Waals surface area contributed by atoms with Gasteiger partial charge in [-0.1, -0.05) is 6.07 Å². The van der Waals surface area contributed by atoms with Gasteiger partial charge in [-0.3, -0.25) is 19.8 Å². The van der Waals surface area contributed by atoms with Crippen LogP contribution in [0.1, 0.15) is 22.8 Å². The maximum absolute atomic E-state index is 12.1. The van der Waals surface area contributed by atoms with Crippen LogP contribution in [0.15, 0.2) is 42.5 Å². The Morgan fingerprint density at radius 2 is 1.65 bits per heavy atom. The molecule has 2 aromatic carbocycles. The number of ether oxygens (including phenoxy) is 1. The average Bonchev–Trinajstić information content (AvgIpc) is 2.64. The standard InChI is InChI=1S/C18H20N4O4/c1-3-26-15-9-4-11(2)10-14(15)21-18(25)17(24)20-13-7-5-12(6-8-13)16(23)22-19/h4-10H,3,19H2,1-2H3,(H,20,24)(H,21,25)(H,22,23). The zero-order valence-electron chi connectivity index (χ0n) is 14.5. The highest BCUT2D eigenvalue weighted by Crippen LogP contribution is 2.25. The molecule has 0 aromatic heterocycles. The Morgan fingerprint density at radius 1 is 1.00 bits per heavy atom. The molecule has 0 bridgehead atoms. The van der Waals surface area contributed by atoms with Crippen molar-refractivity contribution in [2.75, 3.05) is 17.2 Å². The lowest BCUT2D eigenvalue weighted by molar-refractivity contribution is -0.133. The van der Waals surface area contributed by atoms with Gasteiger partial charge in [-0.15, -0.1) is 0 Å². The van der Waals surface area contributed by atoms with Crippen molar-refractivity contribution in [1.82, 2.24) is 5.43 Å². The molecule has 0 radical (unpaired) electrons. The third kappa shape index (κ3) is 4.81. The lowest BCUT2D eigenvalue weighted by Gasteiger charge is -2.12. The maximum Gasteiger partial charge on any atom is 0.314 e. The van der Waals surface area contributed by atoms with Crippen LogP contribution in [0.25, 0.3) is 0 Å². The van der Waals surface area contributed by atoms with Crippen LogP contribution in [0.4, 0.5) is 11.4 Å². The molecule has 0 aliphatic rings. The van der Waals surface area contributed by atoms with Crippen molar-refractivity contribution in [1.29, 1.82) is 0 Å². The summed E-state index contributed by atoms with van der Waals surface area (Å²) in [6, 6.07) is 11.2. The van der Waals surface area contributed by atoms with Gasteiger partial charge in [-0.2, -0.15) is 0 Å². The van der Waals surface area contributed by atoms with Crippen LogP contribution in [0, 0.1) is 6.92 Å². The molecule has 0 aliphatic carbocycles. The van der Waals surface area contributed by atoms with E-state index in [-0.39, 0.29) is 0 Å². The van der Waals surface area contributed by atoms with E-state index < -0.39 is 17.7 Å². The van der Waals surface area contributed by atoms with Crippen molar-refractivity contribution in [2.24, 2.45) is 5.84 Å². The molecule has 0 spiro atoms. The molecule has 0 saturated heterocycles.